The third-order valence-electron chi connectivity index (χ3n) is 2.72. The highest BCUT2D eigenvalue weighted by Gasteiger charge is 2.13. The molecular weight excluding hydrogens is 208 g/mol. The lowest BCUT2D eigenvalue weighted by Crippen LogP contribution is -2.28. The highest BCUT2D eigenvalue weighted by Crippen LogP contribution is 2.20. The van der Waals surface area contributed by atoms with Crippen LogP contribution in [-0.4, -0.2) is 22.4 Å². The fourth-order valence-electron chi connectivity index (χ4n) is 1.56. The fraction of sp³-hybridized carbons (Fsp3) is 0.800. The highest BCUT2D eigenvalue weighted by molar-refractivity contribution is 7.09. The Kier molecular flexibility index (Phi) is 4.81. The van der Waals surface area contributed by atoms with Crippen LogP contribution in [0.25, 0.3) is 0 Å². The molecule has 1 aromatic rings. The molecule has 0 unspecified atom stereocenters. The number of aromatic nitrogens is 2. The fourth-order valence-corrected chi connectivity index (χ4v) is 2.23. The molecule has 2 N–H and O–H groups in total. The molecule has 0 fully saturated rings. The second-order valence-corrected chi connectivity index (χ2v) is 4.39. The molecular formula is C10H20N4S. The molecule has 4 nitrogen and oxygen atoms in total. The van der Waals surface area contributed by atoms with Gasteiger partial charge in [-0.15, -0.1) is 0 Å². The van der Waals surface area contributed by atoms with Crippen molar-refractivity contribution in [2.24, 2.45) is 5.92 Å². The predicted octanol–water partition coefficient (Wildman–Crippen LogP) is 2.38. The van der Waals surface area contributed by atoms with E-state index in [2.05, 4.69) is 35.0 Å². The summed E-state index contributed by atoms with van der Waals surface area (Å²) in [5.41, 5.74) is 5.53. The average Bonchev–Trinajstić information content (AvgIpc) is 2.67. The maximum Gasteiger partial charge on any atom is 0.233 e. The smallest absolute Gasteiger partial charge is 0.233 e. The quantitative estimate of drug-likeness (QED) is 0.812. The van der Waals surface area contributed by atoms with Crippen LogP contribution in [0, 0.1) is 5.92 Å². The first-order valence-electron chi connectivity index (χ1n) is 5.55. The van der Waals surface area contributed by atoms with E-state index < -0.39 is 0 Å². The van der Waals surface area contributed by atoms with Crippen molar-refractivity contribution in [2.45, 2.75) is 33.6 Å². The van der Waals surface area contributed by atoms with E-state index in [4.69, 9.17) is 5.73 Å². The van der Waals surface area contributed by atoms with Gasteiger partial charge in [-0.05, 0) is 12.8 Å². The van der Waals surface area contributed by atoms with Crippen molar-refractivity contribution in [3.8, 4) is 0 Å². The van der Waals surface area contributed by atoms with Crippen molar-refractivity contribution >= 4 is 22.6 Å². The van der Waals surface area contributed by atoms with Gasteiger partial charge < -0.3 is 10.6 Å². The molecule has 0 aliphatic heterocycles. The Morgan fingerprint density at radius 3 is 2.40 bits per heavy atom. The molecule has 1 rings (SSSR count). The highest BCUT2D eigenvalue weighted by atomic mass is 32.1. The second-order valence-electron chi connectivity index (χ2n) is 3.66. The summed E-state index contributed by atoms with van der Waals surface area (Å²) in [7, 11) is 0. The van der Waals surface area contributed by atoms with Crippen LogP contribution in [0.2, 0.25) is 0 Å². The van der Waals surface area contributed by atoms with E-state index in [0.717, 1.165) is 24.1 Å². The molecule has 1 heterocycles. The van der Waals surface area contributed by atoms with Crippen LogP contribution in [0.1, 0.15) is 33.6 Å². The van der Waals surface area contributed by atoms with Gasteiger partial charge in [0.2, 0.25) is 11.1 Å². The van der Waals surface area contributed by atoms with Gasteiger partial charge >= 0.3 is 0 Å². The Labute approximate surface area is 95.7 Å². The monoisotopic (exact) mass is 228 g/mol. The van der Waals surface area contributed by atoms with Crippen LogP contribution in [0.5, 0.6) is 0 Å². The van der Waals surface area contributed by atoms with Gasteiger partial charge in [-0.2, -0.15) is 9.36 Å². The molecule has 0 saturated carbocycles. The largest absolute Gasteiger partial charge is 0.367 e. The van der Waals surface area contributed by atoms with Crippen molar-refractivity contribution in [1.82, 2.24) is 9.36 Å². The minimum absolute atomic E-state index is 0.387. The van der Waals surface area contributed by atoms with Crippen molar-refractivity contribution in [1.29, 1.82) is 0 Å². The lowest BCUT2D eigenvalue weighted by atomic mass is 10.0. The van der Waals surface area contributed by atoms with Crippen LogP contribution < -0.4 is 10.6 Å². The number of hydrogen-bond acceptors (Lipinski definition) is 5. The number of hydrogen-bond donors (Lipinski definition) is 1. The minimum atomic E-state index is 0.387. The summed E-state index contributed by atoms with van der Waals surface area (Å²) in [4.78, 5) is 6.47. The number of anilines is 2. The van der Waals surface area contributed by atoms with Gasteiger partial charge in [0.1, 0.15) is 0 Å². The average molecular weight is 228 g/mol. The number of nitrogens with two attached hydrogens (primary N) is 1. The van der Waals surface area contributed by atoms with E-state index in [1.807, 2.05) is 0 Å². The van der Waals surface area contributed by atoms with Crippen molar-refractivity contribution in [2.75, 3.05) is 23.7 Å². The topological polar surface area (TPSA) is 55.0 Å². The summed E-state index contributed by atoms with van der Waals surface area (Å²) in [6.07, 6.45) is 2.42. The van der Waals surface area contributed by atoms with Crippen molar-refractivity contribution < 1.29 is 0 Å². The standard InChI is InChI=1S/C10H20N4S/c1-4-8(5-2)7-14(6-3)10-12-9(11)13-15-10/h8H,4-7H2,1-3H3,(H2,11,13). The molecule has 0 saturated heterocycles. The van der Waals surface area contributed by atoms with Gasteiger partial charge in [-0.25, -0.2) is 0 Å². The molecule has 5 heteroatoms. The lowest BCUT2D eigenvalue weighted by molar-refractivity contribution is 0.486. The van der Waals surface area contributed by atoms with E-state index in [0.29, 0.717) is 5.95 Å². The third-order valence-corrected chi connectivity index (χ3v) is 3.51. The molecule has 1 aromatic heterocycles. The lowest BCUT2D eigenvalue weighted by Gasteiger charge is -2.24. The Bertz CT molecular complexity index is 283. The summed E-state index contributed by atoms with van der Waals surface area (Å²) < 4.78 is 4.01. The summed E-state index contributed by atoms with van der Waals surface area (Å²) in [5.74, 6) is 1.12. The number of rotatable bonds is 6. The summed E-state index contributed by atoms with van der Waals surface area (Å²) in [5, 5.41) is 0.946. The first-order chi connectivity index (χ1) is 7.21. The Hall–Kier alpha value is -0.840. The van der Waals surface area contributed by atoms with Crippen molar-refractivity contribution in [3.63, 3.8) is 0 Å². The van der Waals surface area contributed by atoms with E-state index >= 15 is 0 Å². The maximum absolute atomic E-state index is 5.53. The SMILES string of the molecule is CCC(CC)CN(CC)c1nc(N)ns1. The van der Waals surface area contributed by atoms with Crippen LogP contribution >= 0.6 is 11.5 Å². The molecule has 0 radical (unpaired) electrons. The Morgan fingerprint density at radius 2 is 2.00 bits per heavy atom. The summed E-state index contributed by atoms with van der Waals surface area (Å²) >= 11 is 1.39. The zero-order valence-electron chi connectivity index (χ0n) is 9.73. The molecule has 86 valence electrons. The third kappa shape index (κ3) is 3.34. The molecule has 15 heavy (non-hydrogen) atoms. The van der Waals surface area contributed by atoms with Gasteiger partial charge in [-0.1, -0.05) is 26.7 Å². The first kappa shape index (κ1) is 12.2. The first-order valence-corrected chi connectivity index (χ1v) is 6.32. The molecule has 0 aliphatic carbocycles. The van der Waals surface area contributed by atoms with Gasteiger partial charge in [-0.3, -0.25) is 0 Å². The molecule has 0 aliphatic rings. The number of nitrogen functional groups attached to an aromatic ring is 1. The van der Waals surface area contributed by atoms with Crippen LogP contribution in [0.15, 0.2) is 0 Å². The zero-order chi connectivity index (χ0) is 11.3. The van der Waals surface area contributed by atoms with E-state index in [1.165, 1.54) is 24.4 Å². The van der Waals surface area contributed by atoms with Gasteiger partial charge in [0.25, 0.3) is 0 Å². The second kappa shape index (κ2) is 5.90. The van der Waals surface area contributed by atoms with Crippen LogP contribution in [-0.2, 0) is 0 Å². The van der Waals surface area contributed by atoms with E-state index in [1.54, 1.807) is 0 Å². The number of nitrogens with zero attached hydrogens (tertiary/aromatic N) is 3. The normalized spacial score (nSPS) is 10.9. The molecule has 0 atom stereocenters. The summed E-state index contributed by atoms with van der Waals surface area (Å²) in [6, 6.07) is 0. The van der Waals surface area contributed by atoms with E-state index in [9.17, 15) is 0 Å². The maximum atomic E-state index is 5.53. The van der Waals surface area contributed by atoms with Crippen LogP contribution in [0.4, 0.5) is 11.1 Å². The van der Waals surface area contributed by atoms with Crippen molar-refractivity contribution in [3.05, 3.63) is 0 Å². The Balaban J connectivity index is 2.63. The van der Waals surface area contributed by atoms with Gasteiger partial charge in [0.15, 0.2) is 0 Å². The predicted molar refractivity (Wildman–Crippen MR) is 66.3 cm³/mol. The van der Waals surface area contributed by atoms with Gasteiger partial charge in [0, 0.05) is 24.6 Å². The summed E-state index contributed by atoms with van der Waals surface area (Å²) in [6.45, 7) is 8.62. The molecule has 0 aromatic carbocycles. The zero-order valence-corrected chi connectivity index (χ0v) is 10.5. The van der Waals surface area contributed by atoms with Gasteiger partial charge in [0.05, 0.1) is 0 Å². The molecule has 0 spiro atoms. The van der Waals surface area contributed by atoms with Crippen LogP contribution in [0.3, 0.4) is 0 Å². The minimum Gasteiger partial charge on any atom is -0.367 e. The molecule has 0 amide bonds. The Morgan fingerprint density at radius 1 is 1.33 bits per heavy atom. The molecule has 0 bridgehead atoms. The van der Waals surface area contributed by atoms with E-state index in [-0.39, 0.29) is 0 Å².